The molecule has 0 saturated carbocycles. The van der Waals surface area contributed by atoms with Crippen LogP contribution in [0.1, 0.15) is 5.56 Å². The molecule has 0 amide bonds. The maximum absolute atomic E-state index is 4.18. The van der Waals surface area contributed by atoms with Crippen LogP contribution in [0.2, 0.25) is 0 Å². The molecule has 0 fully saturated rings. The van der Waals surface area contributed by atoms with E-state index in [0.717, 1.165) is 10.9 Å². The molecule has 7 heteroatoms. The summed E-state index contributed by atoms with van der Waals surface area (Å²) in [4.78, 5) is 9.64. The van der Waals surface area contributed by atoms with Gasteiger partial charge in [-0.2, -0.15) is 0 Å². The number of anilines is 1. The monoisotopic (exact) mass is 341 g/mol. The average molecular weight is 342 g/mol. The van der Waals surface area contributed by atoms with E-state index in [1.807, 2.05) is 13.1 Å². The third-order valence-electron chi connectivity index (χ3n) is 2.46. The lowest BCUT2D eigenvalue weighted by atomic mass is 10.2. The SMILES string of the molecule is CNc1cc(CSSSc2ncccn2)ccc1SC. The van der Waals surface area contributed by atoms with E-state index in [1.54, 1.807) is 55.6 Å². The quantitative estimate of drug-likeness (QED) is 0.334. The zero-order valence-electron chi connectivity index (χ0n) is 11.2. The van der Waals surface area contributed by atoms with E-state index in [4.69, 9.17) is 0 Å². The maximum atomic E-state index is 4.18. The van der Waals surface area contributed by atoms with E-state index >= 15 is 0 Å². The first-order valence-corrected chi connectivity index (χ1v) is 10.8. The van der Waals surface area contributed by atoms with Crippen molar-refractivity contribution in [3.8, 4) is 0 Å². The summed E-state index contributed by atoms with van der Waals surface area (Å²) in [6.07, 6.45) is 5.62. The first kappa shape index (κ1) is 15.9. The Balaban J connectivity index is 1.82. The van der Waals surface area contributed by atoms with Gasteiger partial charge in [0.05, 0.1) is 0 Å². The van der Waals surface area contributed by atoms with E-state index in [-0.39, 0.29) is 0 Å². The molecule has 0 spiro atoms. The number of hydrogen-bond acceptors (Lipinski definition) is 7. The van der Waals surface area contributed by atoms with Crippen molar-refractivity contribution in [3.05, 3.63) is 42.2 Å². The van der Waals surface area contributed by atoms with Gasteiger partial charge in [-0.15, -0.1) is 11.8 Å². The molecule has 0 aliphatic heterocycles. The van der Waals surface area contributed by atoms with Gasteiger partial charge >= 0.3 is 0 Å². The number of nitrogens with zero attached hydrogens (tertiary/aromatic N) is 2. The Morgan fingerprint density at radius 2 is 2.00 bits per heavy atom. The van der Waals surface area contributed by atoms with E-state index in [1.165, 1.54) is 16.1 Å². The fraction of sp³-hybridized carbons (Fsp3) is 0.231. The summed E-state index contributed by atoms with van der Waals surface area (Å²) in [5.74, 6) is 0.966. The lowest BCUT2D eigenvalue weighted by Crippen LogP contribution is -1.92. The Labute approximate surface area is 135 Å². The average Bonchev–Trinajstić information content (AvgIpc) is 2.52. The summed E-state index contributed by atoms with van der Waals surface area (Å²) >= 11 is 1.76. The zero-order valence-corrected chi connectivity index (χ0v) is 14.5. The van der Waals surface area contributed by atoms with Gasteiger partial charge < -0.3 is 5.32 Å². The molecule has 0 aliphatic carbocycles. The molecule has 0 saturated heterocycles. The van der Waals surface area contributed by atoms with Crippen LogP contribution >= 0.6 is 43.2 Å². The van der Waals surface area contributed by atoms with Crippen LogP contribution < -0.4 is 5.32 Å². The second kappa shape index (κ2) is 8.71. The first-order valence-electron chi connectivity index (χ1n) is 5.91. The van der Waals surface area contributed by atoms with Crippen LogP contribution in [0.4, 0.5) is 5.69 Å². The van der Waals surface area contributed by atoms with Crippen molar-refractivity contribution in [1.29, 1.82) is 0 Å². The predicted octanol–water partition coefficient (Wildman–Crippen LogP) is 4.83. The highest BCUT2D eigenvalue weighted by Crippen LogP contribution is 2.40. The summed E-state index contributed by atoms with van der Waals surface area (Å²) in [7, 11) is 7.06. The second-order valence-electron chi connectivity index (χ2n) is 3.73. The number of aromatic nitrogens is 2. The molecule has 3 nitrogen and oxygen atoms in total. The van der Waals surface area contributed by atoms with Crippen molar-refractivity contribution in [1.82, 2.24) is 9.97 Å². The number of hydrogen-bond donors (Lipinski definition) is 1. The predicted molar refractivity (Wildman–Crippen MR) is 94.5 cm³/mol. The zero-order chi connectivity index (χ0) is 14.2. The lowest BCUT2D eigenvalue weighted by Gasteiger charge is -2.09. The molecule has 2 aromatic rings. The molecular weight excluding hydrogens is 326 g/mol. The minimum Gasteiger partial charge on any atom is -0.387 e. The molecule has 2 rings (SSSR count). The molecule has 106 valence electrons. The fourth-order valence-corrected chi connectivity index (χ4v) is 5.33. The highest BCUT2D eigenvalue weighted by Gasteiger charge is 2.03. The minimum atomic E-state index is 0.804. The van der Waals surface area contributed by atoms with Gasteiger partial charge in [0.1, 0.15) is 0 Å². The summed E-state index contributed by atoms with van der Waals surface area (Å²) < 4.78 is 0. The topological polar surface area (TPSA) is 37.8 Å². The van der Waals surface area contributed by atoms with Crippen molar-refractivity contribution < 1.29 is 0 Å². The van der Waals surface area contributed by atoms with Crippen LogP contribution in [-0.4, -0.2) is 23.3 Å². The van der Waals surface area contributed by atoms with Crippen molar-refractivity contribution >= 4 is 48.9 Å². The molecule has 1 N–H and O–H groups in total. The standard InChI is InChI=1S/C13H15N3S4/c1-14-11-8-10(4-5-12(11)17-2)9-18-20-19-13-15-6-3-7-16-13/h3-8,14H,9H2,1-2H3. The van der Waals surface area contributed by atoms with E-state index in [0.29, 0.717) is 0 Å². The molecule has 0 aliphatic rings. The summed E-state index contributed by atoms with van der Waals surface area (Å²) in [5.41, 5.74) is 2.51. The summed E-state index contributed by atoms with van der Waals surface area (Å²) in [6.45, 7) is 0. The normalized spacial score (nSPS) is 10.5. The van der Waals surface area contributed by atoms with Crippen LogP contribution in [0.5, 0.6) is 0 Å². The second-order valence-corrected chi connectivity index (χ2v) is 8.61. The Bertz CT molecular complexity index is 536. The highest BCUT2D eigenvalue weighted by molar-refractivity contribution is 9.09. The molecule has 0 atom stereocenters. The van der Waals surface area contributed by atoms with Gasteiger partial charge in [0.25, 0.3) is 0 Å². The third kappa shape index (κ3) is 4.80. The Morgan fingerprint density at radius 3 is 2.70 bits per heavy atom. The van der Waals surface area contributed by atoms with Crippen LogP contribution in [-0.2, 0) is 5.75 Å². The number of thioether (sulfide) groups is 1. The van der Waals surface area contributed by atoms with Gasteiger partial charge in [-0.3, -0.25) is 0 Å². The lowest BCUT2D eigenvalue weighted by molar-refractivity contribution is 0.973. The van der Waals surface area contributed by atoms with E-state index in [9.17, 15) is 0 Å². The molecule has 0 bridgehead atoms. The van der Waals surface area contributed by atoms with Crippen molar-refractivity contribution in [2.24, 2.45) is 0 Å². The fourth-order valence-electron chi connectivity index (χ4n) is 1.52. The third-order valence-corrected chi connectivity index (χ3v) is 7.00. The van der Waals surface area contributed by atoms with E-state index < -0.39 is 0 Å². The van der Waals surface area contributed by atoms with Crippen LogP contribution in [0.25, 0.3) is 0 Å². The molecule has 1 heterocycles. The largest absolute Gasteiger partial charge is 0.387 e. The summed E-state index contributed by atoms with van der Waals surface area (Å²) in [6, 6.07) is 8.39. The van der Waals surface area contributed by atoms with Gasteiger partial charge in [0.15, 0.2) is 5.16 Å². The Morgan fingerprint density at radius 1 is 1.20 bits per heavy atom. The van der Waals surface area contributed by atoms with Crippen LogP contribution in [0.3, 0.4) is 0 Å². The summed E-state index contributed by atoms with van der Waals surface area (Å²) in [5, 5.41) is 4.05. The van der Waals surface area contributed by atoms with Gasteiger partial charge in [0.2, 0.25) is 0 Å². The molecule has 0 unspecified atom stereocenters. The van der Waals surface area contributed by atoms with Crippen molar-refractivity contribution in [2.45, 2.75) is 15.8 Å². The molecule has 0 radical (unpaired) electrons. The first-order chi connectivity index (χ1) is 9.83. The Kier molecular flexibility index (Phi) is 6.92. The van der Waals surface area contributed by atoms with Gasteiger partial charge in [0, 0.05) is 35.8 Å². The van der Waals surface area contributed by atoms with Crippen LogP contribution in [0, 0.1) is 0 Å². The number of rotatable bonds is 7. The number of benzene rings is 1. The molecular formula is C13H15N3S4. The smallest absolute Gasteiger partial charge is 0.199 e. The van der Waals surface area contributed by atoms with Gasteiger partial charge in [-0.05, 0) is 50.6 Å². The number of nitrogens with one attached hydrogen (secondary N) is 1. The van der Waals surface area contributed by atoms with Crippen molar-refractivity contribution in [3.63, 3.8) is 0 Å². The molecule has 20 heavy (non-hydrogen) atoms. The van der Waals surface area contributed by atoms with Crippen molar-refractivity contribution in [2.75, 3.05) is 18.6 Å². The Hall–Kier alpha value is -0.500. The van der Waals surface area contributed by atoms with Gasteiger partial charge in [-0.1, -0.05) is 16.9 Å². The molecule has 1 aromatic heterocycles. The maximum Gasteiger partial charge on any atom is 0.199 e. The van der Waals surface area contributed by atoms with E-state index in [2.05, 4.69) is 39.7 Å². The van der Waals surface area contributed by atoms with Crippen LogP contribution in [0.15, 0.2) is 46.7 Å². The minimum absolute atomic E-state index is 0.804. The highest BCUT2D eigenvalue weighted by atomic mass is 33.5. The molecule has 1 aromatic carbocycles. The van der Waals surface area contributed by atoms with Gasteiger partial charge in [-0.25, -0.2) is 9.97 Å².